The first kappa shape index (κ1) is 19.8. The van der Waals surface area contributed by atoms with Crippen LogP contribution in [0.4, 0.5) is 11.6 Å². The molecule has 0 saturated heterocycles. The first-order valence-corrected chi connectivity index (χ1v) is 9.78. The molecule has 0 aliphatic heterocycles. The first-order valence-electron chi connectivity index (χ1n) is 9.40. The summed E-state index contributed by atoms with van der Waals surface area (Å²) in [4.78, 5) is 8.87. The number of benzene rings is 2. The predicted molar refractivity (Wildman–Crippen MR) is 115 cm³/mol. The third-order valence-corrected chi connectivity index (χ3v) is 4.78. The number of nitrogens with zero attached hydrogens (tertiary/aromatic N) is 6. The van der Waals surface area contributed by atoms with Gasteiger partial charge >= 0.3 is 0 Å². The summed E-state index contributed by atoms with van der Waals surface area (Å²) in [5.41, 5.74) is 3.87. The summed E-state index contributed by atoms with van der Waals surface area (Å²) in [6.07, 6.45) is 4.91. The summed E-state index contributed by atoms with van der Waals surface area (Å²) >= 11 is 6.33. The second kappa shape index (κ2) is 8.87. The van der Waals surface area contributed by atoms with Crippen molar-refractivity contribution in [3.05, 3.63) is 71.8 Å². The Morgan fingerprint density at radius 2 is 1.90 bits per heavy atom. The Morgan fingerprint density at radius 1 is 1.10 bits per heavy atom. The summed E-state index contributed by atoms with van der Waals surface area (Å²) in [6.45, 7) is 4.47. The lowest BCUT2D eigenvalue weighted by Gasteiger charge is -2.16. The average molecular weight is 422 g/mol. The molecule has 0 aliphatic carbocycles. The number of nitrogens with one attached hydrogen (secondary N) is 1. The zero-order valence-corrected chi connectivity index (χ0v) is 17.3. The monoisotopic (exact) mass is 421 g/mol. The quantitative estimate of drug-likeness (QED) is 0.475. The maximum Gasteiger partial charge on any atom is 0.227 e. The van der Waals surface area contributed by atoms with E-state index in [1.807, 2.05) is 50.2 Å². The number of para-hydroxylation sites is 1. The maximum absolute atomic E-state index is 6.33. The lowest BCUT2D eigenvalue weighted by Crippen LogP contribution is -2.20. The van der Waals surface area contributed by atoms with Crippen LogP contribution in [0.2, 0.25) is 5.02 Å². The number of hydrogen-bond donors (Lipinski definition) is 1. The van der Waals surface area contributed by atoms with E-state index in [9.17, 15) is 0 Å². The molecule has 4 aromatic rings. The summed E-state index contributed by atoms with van der Waals surface area (Å²) < 4.78 is 7.60. The minimum absolute atomic E-state index is 0.168. The highest BCUT2D eigenvalue weighted by Gasteiger charge is 2.11. The normalized spacial score (nSPS) is 11.8. The van der Waals surface area contributed by atoms with Crippen LogP contribution in [0.25, 0.3) is 11.1 Å². The van der Waals surface area contributed by atoms with Crippen LogP contribution in [-0.2, 0) is 6.54 Å². The lowest BCUT2D eigenvalue weighted by atomic mass is 10.1. The molecule has 1 N–H and O–H groups in total. The van der Waals surface area contributed by atoms with Crippen LogP contribution in [0.3, 0.4) is 0 Å². The molecule has 0 bridgehead atoms. The number of anilines is 2. The fourth-order valence-electron chi connectivity index (χ4n) is 2.93. The van der Waals surface area contributed by atoms with E-state index in [2.05, 4.69) is 30.8 Å². The molecule has 9 heteroatoms. The van der Waals surface area contributed by atoms with Crippen LogP contribution >= 0.6 is 11.6 Å². The van der Waals surface area contributed by atoms with Gasteiger partial charge in [-0.15, -0.1) is 5.10 Å². The molecule has 1 atom stereocenters. The van der Waals surface area contributed by atoms with E-state index in [0.29, 0.717) is 23.3 Å². The van der Waals surface area contributed by atoms with Crippen molar-refractivity contribution in [2.45, 2.75) is 26.5 Å². The maximum atomic E-state index is 6.33. The summed E-state index contributed by atoms with van der Waals surface area (Å²) in [5, 5.41) is 14.9. The SMILES string of the molecule is Cc1ccccc1Nc1ncc(-c2ccc(Cl)c(OC(C)Cn3cnnn3)c2)cn1. The van der Waals surface area contributed by atoms with Crippen LogP contribution < -0.4 is 10.1 Å². The van der Waals surface area contributed by atoms with Gasteiger partial charge in [0.15, 0.2) is 0 Å². The van der Waals surface area contributed by atoms with Crippen molar-refractivity contribution >= 4 is 23.2 Å². The van der Waals surface area contributed by atoms with Crippen molar-refractivity contribution in [3.8, 4) is 16.9 Å². The van der Waals surface area contributed by atoms with E-state index in [4.69, 9.17) is 16.3 Å². The summed E-state index contributed by atoms with van der Waals surface area (Å²) in [7, 11) is 0. The Morgan fingerprint density at radius 3 is 2.63 bits per heavy atom. The molecule has 0 radical (unpaired) electrons. The van der Waals surface area contributed by atoms with E-state index in [1.54, 1.807) is 29.5 Å². The van der Waals surface area contributed by atoms with Gasteiger partial charge in [0, 0.05) is 23.6 Å². The molecule has 8 nitrogen and oxygen atoms in total. The van der Waals surface area contributed by atoms with Gasteiger partial charge in [-0.2, -0.15) is 0 Å². The number of rotatable bonds is 7. The Kier molecular flexibility index (Phi) is 5.85. The van der Waals surface area contributed by atoms with Gasteiger partial charge in [0.2, 0.25) is 5.95 Å². The molecule has 0 amide bonds. The lowest BCUT2D eigenvalue weighted by molar-refractivity contribution is 0.193. The van der Waals surface area contributed by atoms with E-state index < -0.39 is 0 Å². The zero-order valence-electron chi connectivity index (χ0n) is 16.5. The van der Waals surface area contributed by atoms with E-state index in [-0.39, 0.29) is 6.10 Å². The number of tetrazole rings is 1. The molecule has 30 heavy (non-hydrogen) atoms. The largest absolute Gasteiger partial charge is 0.487 e. The van der Waals surface area contributed by atoms with Crippen molar-refractivity contribution in [2.75, 3.05) is 5.32 Å². The van der Waals surface area contributed by atoms with Gasteiger partial charge in [0.05, 0.1) is 11.6 Å². The number of aromatic nitrogens is 6. The number of ether oxygens (including phenoxy) is 1. The second-order valence-electron chi connectivity index (χ2n) is 6.84. The molecule has 152 valence electrons. The highest BCUT2D eigenvalue weighted by molar-refractivity contribution is 6.32. The van der Waals surface area contributed by atoms with Crippen LogP contribution in [0.15, 0.2) is 61.2 Å². The smallest absolute Gasteiger partial charge is 0.227 e. The summed E-state index contributed by atoms with van der Waals surface area (Å²) in [5.74, 6) is 1.12. The molecule has 0 spiro atoms. The van der Waals surface area contributed by atoms with Gasteiger partial charge in [-0.05, 0) is 53.6 Å². The fraction of sp³-hybridized carbons (Fsp3) is 0.190. The van der Waals surface area contributed by atoms with E-state index in [1.165, 1.54) is 0 Å². The van der Waals surface area contributed by atoms with Crippen molar-refractivity contribution < 1.29 is 4.74 Å². The minimum Gasteiger partial charge on any atom is -0.487 e. The van der Waals surface area contributed by atoms with Crippen molar-refractivity contribution in [1.82, 2.24) is 30.2 Å². The fourth-order valence-corrected chi connectivity index (χ4v) is 3.09. The van der Waals surface area contributed by atoms with Crippen LogP contribution in [0.5, 0.6) is 5.75 Å². The second-order valence-corrected chi connectivity index (χ2v) is 7.25. The molecule has 0 saturated carbocycles. The van der Waals surface area contributed by atoms with Gasteiger partial charge in [-0.25, -0.2) is 14.6 Å². The molecule has 0 aliphatic rings. The number of hydrogen-bond acceptors (Lipinski definition) is 7. The van der Waals surface area contributed by atoms with Gasteiger partial charge < -0.3 is 10.1 Å². The van der Waals surface area contributed by atoms with Gasteiger partial charge in [0.1, 0.15) is 18.2 Å². The molecule has 2 aromatic heterocycles. The van der Waals surface area contributed by atoms with Gasteiger partial charge in [-0.1, -0.05) is 35.9 Å². The average Bonchev–Trinajstić information content (AvgIpc) is 3.25. The topological polar surface area (TPSA) is 90.6 Å². The van der Waals surface area contributed by atoms with Crippen LogP contribution in [0, 0.1) is 6.92 Å². The van der Waals surface area contributed by atoms with Gasteiger partial charge in [-0.3, -0.25) is 0 Å². The van der Waals surface area contributed by atoms with Crippen LogP contribution in [-0.4, -0.2) is 36.3 Å². The first-order chi connectivity index (χ1) is 14.6. The highest BCUT2D eigenvalue weighted by atomic mass is 35.5. The predicted octanol–water partition coefficient (Wildman–Crippen LogP) is 4.30. The molecule has 4 rings (SSSR count). The van der Waals surface area contributed by atoms with Gasteiger partial charge in [0.25, 0.3) is 0 Å². The Bertz CT molecular complexity index is 1120. The Labute approximate surface area is 178 Å². The molecular weight excluding hydrogens is 402 g/mol. The Hall–Kier alpha value is -3.52. The molecule has 0 fully saturated rings. The van der Waals surface area contributed by atoms with Crippen molar-refractivity contribution in [2.24, 2.45) is 0 Å². The number of aryl methyl sites for hydroxylation is 1. The molecular formula is C21H20ClN7O. The summed E-state index contributed by atoms with van der Waals surface area (Å²) in [6, 6.07) is 13.6. The standard InChI is InChI=1S/C21H20ClN7O/c1-14-5-3-4-6-19(14)26-21-23-10-17(11-24-21)16-7-8-18(22)20(9-16)30-15(2)12-29-13-25-27-28-29/h3-11,13,15H,12H2,1-2H3,(H,23,24,26). The third-order valence-electron chi connectivity index (χ3n) is 4.47. The zero-order chi connectivity index (χ0) is 20.9. The Balaban J connectivity index is 1.48. The highest BCUT2D eigenvalue weighted by Crippen LogP contribution is 2.31. The molecule has 1 unspecified atom stereocenters. The molecule has 2 aromatic carbocycles. The van der Waals surface area contributed by atoms with Crippen LogP contribution in [0.1, 0.15) is 12.5 Å². The van der Waals surface area contributed by atoms with E-state index in [0.717, 1.165) is 22.4 Å². The van der Waals surface area contributed by atoms with Crippen molar-refractivity contribution in [1.29, 1.82) is 0 Å². The number of halogens is 1. The third kappa shape index (κ3) is 4.72. The van der Waals surface area contributed by atoms with Crippen molar-refractivity contribution in [3.63, 3.8) is 0 Å². The van der Waals surface area contributed by atoms with E-state index >= 15 is 0 Å². The minimum atomic E-state index is -0.168. The molecule has 2 heterocycles.